The van der Waals surface area contributed by atoms with E-state index in [9.17, 15) is 9.59 Å². The first-order valence-electron chi connectivity index (χ1n) is 9.70. The summed E-state index contributed by atoms with van der Waals surface area (Å²) in [6.45, 7) is 3.70. The Kier molecular flexibility index (Phi) is 7.06. The Morgan fingerprint density at radius 1 is 1.35 bits per heavy atom. The highest BCUT2D eigenvalue weighted by molar-refractivity contribution is 9.10. The number of hydrogen-bond acceptors (Lipinski definition) is 6. The van der Waals surface area contributed by atoms with E-state index in [0.29, 0.717) is 33.8 Å². The number of ether oxygens (including phenoxy) is 2. The molecule has 0 saturated carbocycles. The molecule has 1 atom stereocenters. The SMILES string of the molecule is CC[C@@H](C)c1nc2ccc(Br)cc2c(=O)n1N=Cc1cccc(OC)c1OCC(N)=O. The van der Waals surface area contributed by atoms with Crippen LogP contribution in [0.5, 0.6) is 11.5 Å². The van der Waals surface area contributed by atoms with Gasteiger partial charge in [0, 0.05) is 16.0 Å². The van der Waals surface area contributed by atoms with E-state index in [-0.39, 0.29) is 18.1 Å². The molecule has 0 saturated heterocycles. The van der Waals surface area contributed by atoms with Gasteiger partial charge in [-0.15, -0.1) is 0 Å². The number of halogens is 1. The molecule has 2 aromatic carbocycles. The lowest BCUT2D eigenvalue weighted by molar-refractivity contribution is -0.119. The Balaban J connectivity index is 2.16. The van der Waals surface area contributed by atoms with Crippen LogP contribution in [0.1, 0.15) is 37.6 Å². The summed E-state index contributed by atoms with van der Waals surface area (Å²) in [5.41, 5.74) is 6.06. The van der Waals surface area contributed by atoms with Crippen molar-refractivity contribution in [2.75, 3.05) is 13.7 Å². The highest BCUT2D eigenvalue weighted by atomic mass is 79.9. The minimum absolute atomic E-state index is 0.00814. The fourth-order valence-electron chi connectivity index (χ4n) is 2.99. The van der Waals surface area contributed by atoms with Crippen LogP contribution in [0, 0.1) is 0 Å². The van der Waals surface area contributed by atoms with E-state index >= 15 is 0 Å². The molecule has 3 rings (SSSR count). The minimum atomic E-state index is -0.617. The van der Waals surface area contributed by atoms with Crippen molar-refractivity contribution in [3.63, 3.8) is 0 Å². The van der Waals surface area contributed by atoms with Gasteiger partial charge in [0.2, 0.25) is 0 Å². The Morgan fingerprint density at radius 2 is 2.13 bits per heavy atom. The van der Waals surface area contributed by atoms with Crippen molar-refractivity contribution in [1.29, 1.82) is 0 Å². The lowest BCUT2D eigenvalue weighted by atomic mass is 10.1. The second-order valence-corrected chi connectivity index (χ2v) is 7.85. The van der Waals surface area contributed by atoms with E-state index in [0.717, 1.165) is 10.9 Å². The Bertz CT molecular complexity index is 1210. The second-order valence-electron chi connectivity index (χ2n) is 6.94. The highest BCUT2D eigenvalue weighted by Gasteiger charge is 2.16. The van der Waals surface area contributed by atoms with Gasteiger partial charge in [0.15, 0.2) is 18.1 Å². The summed E-state index contributed by atoms with van der Waals surface area (Å²) in [4.78, 5) is 29.1. The Hall–Kier alpha value is -3.20. The quantitative estimate of drug-likeness (QED) is 0.490. The zero-order valence-corrected chi connectivity index (χ0v) is 19.0. The molecule has 0 aliphatic rings. The number of aromatic nitrogens is 2. The number of amides is 1. The van der Waals surface area contributed by atoms with Crippen molar-refractivity contribution in [2.24, 2.45) is 10.8 Å². The first kappa shape index (κ1) is 22.5. The number of rotatable bonds is 8. The maximum absolute atomic E-state index is 13.2. The van der Waals surface area contributed by atoms with Gasteiger partial charge in [0.05, 0.1) is 24.2 Å². The van der Waals surface area contributed by atoms with Crippen LogP contribution in [0.2, 0.25) is 0 Å². The first-order valence-corrected chi connectivity index (χ1v) is 10.5. The largest absolute Gasteiger partial charge is 0.493 e. The molecular weight excluding hydrogens is 464 g/mol. The number of nitrogens with two attached hydrogens (primary N) is 1. The van der Waals surface area contributed by atoms with E-state index < -0.39 is 5.91 Å². The van der Waals surface area contributed by atoms with Crippen molar-refractivity contribution in [3.8, 4) is 11.5 Å². The minimum Gasteiger partial charge on any atom is -0.493 e. The number of hydrogen-bond donors (Lipinski definition) is 1. The second kappa shape index (κ2) is 9.74. The van der Waals surface area contributed by atoms with Crippen molar-refractivity contribution in [1.82, 2.24) is 9.66 Å². The zero-order valence-electron chi connectivity index (χ0n) is 17.5. The van der Waals surface area contributed by atoms with Gasteiger partial charge >= 0.3 is 0 Å². The molecule has 2 N–H and O–H groups in total. The van der Waals surface area contributed by atoms with E-state index in [4.69, 9.17) is 15.2 Å². The molecule has 3 aromatic rings. The summed E-state index contributed by atoms with van der Waals surface area (Å²) >= 11 is 3.40. The van der Waals surface area contributed by atoms with Crippen LogP contribution in [0.25, 0.3) is 10.9 Å². The van der Waals surface area contributed by atoms with Gasteiger partial charge in [-0.2, -0.15) is 9.78 Å². The molecule has 0 spiro atoms. The van der Waals surface area contributed by atoms with Crippen LogP contribution >= 0.6 is 15.9 Å². The van der Waals surface area contributed by atoms with Gasteiger partial charge in [-0.3, -0.25) is 9.59 Å². The summed E-state index contributed by atoms with van der Waals surface area (Å²) in [6.07, 6.45) is 2.27. The molecule has 162 valence electrons. The lowest BCUT2D eigenvalue weighted by Gasteiger charge is -2.15. The van der Waals surface area contributed by atoms with Gasteiger partial charge in [0.1, 0.15) is 5.82 Å². The zero-order chi connectivity index (χ0) is 22.5. The van der Waals surface area contributed by atoms with E-state index in [2.05, 4.69) is 26.0 Å². The third-order valence-electron chi connectivity index (χ3n) is 4.79. The number of methoxy groups -OCH3 is 1. The molecule has 0 aliphatic heterocycles. The summed E-state index contributed by atoms with van der Waals surface area (Å²) in [5, 5.41) is 4.89. The van der Waals surface area contributed by atoms with Crippen molar-refractivity contribution < 1.29 is 14.3 Å². The molecule has 0 aliphatic carbocycles. The molecule has 0 fully saturated rings. The number of para-hydroxylation sites is 1. The number of carbonyl (C=O) groups is 1. The predicted molar refractivity (Wildman–Crippen MR) is 123 cm³/mol. The van der Waals surface area contributed by atoms with E-state index in [1.807, 2.05) is 19.9 Å². The summed E-state index contributed by atoms with van der Waals surface area (Å²) in [5.74, 6) is 0.672. The van der Waals surface area contributed by atoms with Crippen LogP contribution in [0.4, 0.5) is 0 Å². The molecule has 1 heterocycles. The standard InChI is InChI=1S/C22H23BrN4O4/c1-4-13(2)21-26-17-9-8-15(23)10-16(17)22(29)27(21)25-11-14-6-5-7-18(30-3)20(14)31-12-19(24)28/h5-11,13H,4,12H2,1-3H3,(H2,24,28)/t13-/m1/s1. The Morgan fingerprint density at radius 3 is 2.81 bits per heavy atom. The van der Waals surface area contributed by atoms with Gasteiger partial charge < -0.3 is 15.2 Å². The lowest BCUT2D eigenvalue weighted by Crippen LogP contribution is -2.24. The average Bonchev–Trinajstić information content (AvgIpc) is 2.76. The average molecular weight is 487 g/mol. The summed E-state index contributed by atoms with van der Waals surface area (Å²) in [6, 6.07) is 10.6. The first-order chi connectivity index (χ1) is 14.8. The van der Waals surface area contributed by atoms with Crippen molar-refractivity contribution >= 4 is 39.0 Å². The third kappa shape index (κ3) is 4.93. The Labute approximate surface area is 187 Å². The molecule has 0 unspecified atom stereocenters. The molecule has 9 heteroatoms. The predicted octanol–water partition coefficient (Wildman–Crippen LogP) is 3.43. The highest BCUT2D eigenvalue weighted by Crippen LogP contribution is 2.30. The summed E-state index contributed by atoms with van der Waals surface area (Å²) < 4.78 is 12.9. The van der Waals surface area contributed by atoms with Gasteiger partial charge in [-0.25, -0.2) is 4.98 Å². The van der Waals surface area contributed by atoms with Crippen LogP contribution in [-0.2, 0) is 4.79 Å². The van der Waals surface area contributed by atoms with Gasteiger partial charge in [-0.1, -0.05) is 35.8 Å². The third-order valence-corrected chi connectivity index (χ3v) is 5.28. The van der Waals surface area contributed by atoms with Crippen molar-refractivity contribution in [3.05, 3.63) is 62.6 Å². The topological polar surface area (TPSA) is 109 Å². The molecule has 1 aromatic heterocycles. The fraction of sp³-hybridized carbons (Fsp3) is 0.273. The number of primary amides is 1. The molecule has 31 heavy (non-hydrogen) atoms. The number of nitrogens with zero attached hydrogens (tertiary/aromatic N) is 3. The van der Waals surface area contributed by atoms with E-state index in [1.54, 1.807) is 30.3 Å². The number of benzene rings is 2. The normalized spacial score (nSPS) is 12.3. The molecule has 8 nitrogen and oxygen atoms in total. The maximum atomic E-state index is 13.2. The number of fused-ring (bicyclic) bond motifs is 1. The van der Waals surface area contributed by atoms with Crippen LogP contribution in [0.15, 0.2) is 50.8 Å². The number of carbonyl (C=O) groups excluding carboxylic acids is 1. The molecular formula is C22H23BrN4O4. The monoisotopic (exact) mass is 486 g/mol. The van der Waals surface area contributed by atoms with Crippen LogP contribution < -0.4 is 20.8 Å². The van der Waals surface area contributed by atoms with E-state index in [1.165, 1.54) is 18.0 Å². The maximum Gasteiger partial charge on any atom is 0.282 e. The smallest absolute Gasteiger partial charge is 0.282 e. The van der Waals surface area contributed by atoms with Crippen LogP contribution in [0.3, 0.4) is 0 Å². The molecule has 1 amide bonds. The molecule has 0 bridgehead atoms. The van der Waals surface area contributed by atoms with Gasteiger partial charge in [-0.05, 0) is 36.8 Å². The molecule has 0 radical (unpaired) electrons. The summed E-state index contributed by atoms with van der Waals surface area (Å²) in [7, 11) is 1.49. The van der Waals surface area contributed by atoms with Crippen LogP contribution in [-0.4, -0.2) is 35.5 Å². The van der Waals surface area contributed by atoms with Gasteiger partial charge in [0.25, 0.3) is 11.5 Å². The van der Waals surface area contributed by atoms with Crippen molar-refractivity contribution in [2.45, 2.75) is 26.2 Å². The fourth-order valence-corrected chi connectivity index (χ4v) is 3.35.